The van der Waals surface area contributed by atoms with Crippen LogP contribution in [0.4, 0.5) is 5.69 Å². The molecule has 2 atom stereocenters. The molecule has 4 heterocycles. The molecule has 5 rings (SSSR count). The third kappa shape index (κ3) is 3.89. The van der Waals surface area contributed by atoms with Crippen LogP contribution in [0.25, 0.3) is 11.3 Å². The third-order valence-electron chi connectivity index (χ3n) is 6.36. The van der Waals surface area contributed by atoms with Crippen molar-refractivity contribution in [2.24, 2.45) is 0 Å². The number of fused-ring (bicyclic) bond motifs is 1. The predicted molar refractivity (Wildman–Crippen MR) is 125 cm³/mol. The molecule has 3 aromatic rings. The highest BCUT2D eigenvalue weighted by Gasteiger charge is 2.40. The summed E-state index contributed by atoms with van der Waals surface area (Å²) < 4.78 is 0. The van der Waals surface area contributed by atoms with Crippen molar-refractivity contribution in [2.45, 2.75) is 18.9 Å². The lowest BCUT2D eigenvalue weighted by Gasteiger charge is -2.39. The SMILES string of the molecule is C[C@@H]1CN(C(=O)c2ccccc2)CCN1C(=O)C(=O)C1CNc2c(-c3cnccn3)ccnc21. The number of rotatable bonds is 4. The maximum atomic E-state index is 13.3. The van der Waals surface area contributed by atoms with Crippen LogP contribution >= 0.6 is 0 Å². The fraction of sp³-hybridized carbons (Fsp3) is 0.280. The number of ketones is 1. The lowest BCUT2D eigenvalue weighted by atomic mass is 9.98. The quantitative estimate of drug-likeness (QED) is 0.598. The minimum Gasteiger partial charge on any atom is -0.382 e. The summed E-state index contributed by atoms with van der Waals surface area (Å²) in [7, 11) is 0. The van der Waals surface area contributed by atoms with Crippen molar-refractivity contribution in [3.63, 3.8) is 0 Å². The number of piperazine rings is 1. The zero-order valence-corrected chi connectivity index (χ0v) is 18.7. The molecule has 172 valence electrons. The molecule has 1 fully saturated rings. The topological polar surface area (TPSA) is 108 Å². The Morgan fingerprint density at radius 1 is 1.00 bits per heavy atom. The van der Waals surface area contributed by atoms with Crippen LogP contribution in [0.15, 0.2) is 61.2 Å². The molecule has 9 nitrogen and oxygen atoms in total. The second-order valence-electron chi connectivity index (χ2n) is 8.47. The number of Topliss-reactive ketones (excluding diaryl/α,β-unsaturated/α-hetero) is 1. The monoisotopic (exact) mass is 456 g/mol. The van der Waals surface area contributed by atoms with E-state index in [-0.39, 0.29) is 11.9 Å². The van der Waals surface area contributed by atoms with E-state index in [2.05, 4.69) is 20.3 Å². The van der Waals surface area contributed by atoms with Gasteiger partial charge < -0.3 is 15.1 Å². The van der Waals surface area contributed by atoms with Crippen LogP contribution in [0.3, 0.4) is 0 Å². The molecular weight excluding hydrogens is 432 g/mol. The molecule has 9 heteroatoms. The van der Waals surface area contributed by atoms with Crippen molar-refractivity contribution in [1.82, 2.24) is 24.8 Å². The number of carbonyl (C=O) groups excluding carboxylic acids is 3. The van der Waals surface area contributed by atoms with Gasteiger partial charge in [0.15, 0.2) is 0 Å². The van der Waals surface area contributed by atoms with Gasteiger partial charge in [0.05, 0.1) is 29.2 Å². The molecule has 0 saturated carbocycles. The van der Waals surface area contributed by atoms with Gasteiger partial charge in [0, 0.05) is 61.9 Å². The molecule has 0 radical (unpaired) electrons. The summed E-state index contributed by atoms with van der Waals surface area (Å²) in [6.07, 6.45) is 6.47. The zero-order chi connectivity index (χ0) is 23.7. The van der Waals surface area contributed by atoms with Crippen LogP contribution in [-0.4, -0.2) is 74.6 Å². The number of hydrogen-bond acceptors (Lipinski definition) is 7. The van der Waals surface area contributed by atoms with Crippen LogP contribution < -0.4 is 5.32 Å². The van der Waals surface area contributed by atoms with E-state index in [1.807, 2.05) is 31.2 Å². The summed E-state index contributed by atoms with van der Waals surface area (Å²) in [5, 5.41) is 3.23. The van der Waals surface area contributed by atoms with Crippen molar-refractivity contribution in [3.05, 3.63) is 72.4 Å². The number of carbonyl (C=O) groups is 3. The lowest BCUT2D eigenvalue weighted by molar-refractivity contribution is -0.148. The van der Waals surface area contributed by atoms with Gasteiger partial charge in [-0.3, -0.25) is 29.3 Å². The van der Waals surface area contributed by atoms with Crippen LogP contribution in [0.5, 0.6) is 0 Å². The molecule has 0 aliphatic carbocycles. The molecule has 2 aliphatic rings. The van der Waals surface area contributed by atoms with E-state index in [1.165, 1.54) is 0 Å². The first kappa shape index (κ1) is 21.7. The average molecular weight is 457 g/mol. The van der Waals surface area contributed by atoms with Gasteiger partial charge in [-0.05, 0) is 25.1 Å². The van der Waals surface area contributed by atoms with E-state index in [4.69, 9.17) is 0 Å². The molecule has 2 aromatic heterocycles. The van der Waals surface area contributed by atoms with E-state index in [1.54, 1.807) is 46.7 Å². The molecule has 0 bridgehead atoms. The normalized spacial score (nSPS) is 19.3. The molecule has 1 unspecified atom stereocenters. The summed E-state index contributed by atoms with van der Waals surface area (Å²) in [5.74, 6) is -1.77. The van der Waals surface area contributed by atoms with Gasteiger partial charge in [0.2, 0.25) is 5.78 Å². The lowest BCUT2D eigenvalue weighted by Crippen LogP contribution is -2.57. The summed E-state index contributed by atoms with van der Waals surface area (Å²) in [6.45, 7) is 3.23. The standard InChI is InChI=1S/C25H24N6O3/c1-16-15-30(24(33)17-5-3-2-4-6-17)11-12-31(16)25(34)23(32)19-13-29-21-18(7-8-28-22(19)21)20-14-26-9-10-27-20/h2-10,14,16,19,29H,11-13,15H2,1H3/t16-,19?/m1/s1. The Morgan fingerprint density at radius 3 is 2.56 bits per heavy atom. The molecule has 1 N–H and O–H groups in total. The molecule has 1 aromatic carbocycles. The van der Waals surface area contributed by atoms with Crippen molar-refractivity contribution < 1.29 is 14.4 Å². The summed E-state index contributed by atoms with van der Waals surface area (Å²) in [4.78, 5) is 55.4. The van der Waals surface area contributed by atoms with Crippen LogP contribution in [-0.2, 0) is 9.59 Å². The number of aromatic nitrogens is 3. The molecule has 1 saturated heterocycles. The molecule has 34 heavy (non-hydrogen) atoms. The van der Waals surface area contributed by atoms with Gasteiger partial charge in [-0.1, -0.05) is 18.2 Å². The zero-order valence-electron chi connectivity index (χ0n) is 18.7. The van der Waals surface area contributed by atoms with Gasteiger partial charge in [-0.15, -0.1) is 0 Å². The minimum absolute atomic E-state index is 0.0689. The average Bonchev–Trinajstić information content (AvgIpc) is 3.33. The number of amides is 2. The fourth-order valence-electron chi connectivity index (χ4n) is 4.59. The van der Waals surface area contributed by atoms with Crippen molar-refractivity contribution in [2.75, 3.05) is 31.5 Å². The second-order valence-corrected chi connectivity index (χ2v) is 8.47. The van der Waals surface area contributed by atoms with Crippen molar-refractivity contribution in [3.8, 4) is 11.3 Å². The van der Waals surface area contributed by atoms with E-state index in [9.17, 15) is 14.4 Å². The van der Waals surface area contributed by atoms with E-state index in [0.717, 1.165) is 5.56 Å². The predicted octanol–water partition coefficient (Wildman–Crippen LogP) is 1.99. The van der Waals surface area contributed by atoms with E-state index < -0.39 is 17.6 Å². The largest absolute Gasteiger partial charge is 0.382 e. The maximum absolute atomic E-state index is 13.3. The van der Waals surface area contributed by atoms with Gasteiger partial charge in [-0.2, -0.15) is 0 Å². The Kier molecular flexibility index (Phi) is 5.75. The second kappa shape index (κ2) is 9.01. The highest BCUT2D eigenvalue weighted by Crippen LogP contribution is 2.37. The number of hydrogen-bond donors (Lipinski definition) is 1. The first-order valence-corrected chi connectivity index (χ1v) is 11.2. The third-order valence-corrected chi connectivity index (χ3v) is 6.36. The van der Waals surface area contributed by atoms with Crippen molar-refractivity contribution in [1.29, 1.82) is 0 Å². The fourth-order valence-corrected chi connectivity index (χ4v) is 4.59. The first-order valence-electron chi connectivity index (χ1n) is 11.2. The highest BCUT2D eigenvalue weighted by atomic mass is 16.2. The maximum Gasteiger partial charge on any atom is 0.291 e. The molecule has 2 aliphatic heterocycles. The molecular formula is C25H24N6O3. The number of nitrogens with zero attached hydrogens (tertiary/aromatic N) is 5. The Morgan fingerprint density at radius 2 is 1.82 bits per heavy atom. The summed E-state index contributed by atoms with van der Waals surface area (Å²) in [5.41, 5.74) is 3.33. The van der Waals surface area contributed by atoms with Crippen LogP contribution in [0.2, 0.25) is 0 Å². The van der Waals surface area contributed by atoms with Gasteiger partial charge in [-0.25, -0.2) is 0 Å². The van der Waals surface area contributed by atoms with E-state index in [0.29, 0.717) is 48.8 Å². The first-order chi connectivity index (χ1) is 16.5. The molecule has 2 amide bonds. The van der Waals surface area contributed by atoms with Crippen molar-refractivity contribution >= 4 is 23.3 Å². The van der Waals surface area contributed by atoms with Gasteiger partial charge in [0.25, 0.3) is 11.8 Å². The Hall–Kier alpha value is -4.14. The number of nitrogens with one attached hydrogen (secondary N) is 1. The van der Waals surface area contributed by atoms with Gasteiger partial charge in [0.1, 0.15) is 0 Å². The number of anilines is 1. The highest BCUT2D eigenvalue weighted by molar-refractivity contribution is 6.38. The smallest absolute Gasteiger partial charge is 0.291 e. The summed E-state index contributed by atoms with van der Waals surface area (Å²) >= 11 is 0. The van der Waals surface area contributed by atoms with Crippen LogP contribution in [0.1, 0.15) is 28.9 Å². The Balaban J connectivity index is 1.30. The van der Waals surface area contributed by atoms with Crippen LogP contribution in [0, 0.1) is 0 Å². The van der Waals surface area contributed by atoms with Gasteiger partial charge >= 0.3 is 0 Å². The summed E-state index contributed by atoms with van der Waals surface area (Å²) in [6, 6.07) is 10.6. The number of benzene rings is 1. The number of pyridine rings is 1. The Labute approximate surface area is 196 Å². The minimum atomic E-state index is -0.671. The Bertz CT molecular complexity index is 1230. The van der Waals surface area contributed by atoms with E-state index >= 15 is 0 Å². The molecule has 0 spiro atoms.